The normalized spacial score (nSPS) is 11.3. The van der Waals surface area contributed by atoms with Crippen LogP contribution in [0.2, 0.25) is 0 Å². The van der Waals surface area contributed by atoms with Crippen molar-refractivity contribution in [1.82, 2.24) is 14.8 Å². The molecule has 1 amide bonds. The number of alkyl halides is 3. The highest BCUT2D eigenvalue weighted by molar-refractivity contribution is 7.99. The highest BCUT2D eigenvalue weighted by Crippen LogP contribution is 2.31. The Labute approximate surface area is 200 Å². The number of benzene rings is 2. The molecule has 6 nitrogen and oxygen atoms in total. The molecule has 0 aliphatic rings. The molecule has 3 rings (SSSR count). The number of rotatable bonds is 11. The molecule has 10 heteroatoms. The molecule has 0 fully saturated rings. The fourth-order valence-corrected chi connectivity index (χ4v) is 3.79. The molecule has 0 radical (unpaired) electrons. The summed E-state index contributed by atoms with van der Waals surface area (Å²) in [5.74, 6) is 0.886. The van der Waals surface area contributed by atoms with Crippen LogP contribution in [0.3, 0.4) is 0 Å². The number of hydrogen-bond acceptors (Lipinski definition) is 5. The maximum Gasteiger partial charge on any atom is 0.416 e. The van der Waals surface area contributed by atoms with Gasteiger partial charge in [-0.2, -0.15) is 13.2 Å². The summed E-state index contributed by atoms with van der Waals surface area (Å²) in [6.45, 7) is 6.95. The van der Waals surface area contributed by atoms with Crippen LogP contribution in [0.15, 0.2) is 66.3 Å². The van der Waals surface area contributed by atoms with Gasteiger partial charge in [-0.1, -0.05) is 37.2 Å². The summed E-state index contributed by atoms with van der Waals surface area (Å²) < 4.78 is 46.1. The molecule has 2 aromatic carbocycles. The first kappa shape index (κ1) is 25.4. The van der Waals surface area contributed by atoms with Crippen molar-refractivity contribution in [3.05, 3.63) is 66.7 Å². The zero-order valence-corrected chi connectivity index (χ0v) is 19.5. The van der Waals surface area contributed by atoms with Crippen molar-refractivity contribution in [1.29, 1.82) is 0 Å². The van der Waals surface area contributed by atoms with E-state index in [-0.39, 0.29) is 11.4 Å². The van der Waals surface area contributed by atoms with Gasteiger partial charge in [-0.05, 0) is 48.9 Å². The average Bonchev–Trinajstić information content (AvgIpc) is 3.21. The molecule has 0 aliphatic carbocycles. The van der Waals surface area contributed by atoms with Gasteiger partial charge in [0.15, 0.2) is 11.0 Å². The summed E-state index contributed by atoms with van der Waals surface area (Å²) in [7, 11) is 0. The van der Waals surface area contributed by atoms with Gasteiger partial charge in [-0.3, -0.25) is 9.36 Å². The van der Waals surface area contributed by atoms with Crippen LogP contribution < -0.4 is 10.1 Å². The van der Waals surface area contributed by atoms with Crippen LogP contribution >= 0.6 is 11.8 Å². The van der Waals surface area contributed by atoms with Crippen LogP contribution in [0, 0.1) is 0 Å². The highest BCUT2D eigenvalue weighted by Gasteiger charge is 2.30. The number of unbranched alkanes of at least 4 members (excludes halogenated alkanes) is 1. The number of halogens is 3. The van der Waals surface area contributed by atoms with Crippen LogP contribution in [0.25, 0.3) is 11.4 Å². The largest absolute Gasteiger partial charge is 0.494 e. The third-order valence-electron chi connectivity index (χ3n) is 4.71. The first-order valence-electron chi connectivity index (χ1n) is 10.7. The van der Waals surface area contributed by atoms with Gasteiger partial charge in [-0.15, -0.1) is 16.8 Å². The van der Waals surface area contributed by atoms with Crippen molar-refractivity contribution in [3.63, 3.8) is 0 Å². The first-order valence-corrected chi connectivity index (χ1v) is 11.7. The van der Waals surface area contributed by atoms with Gasteiger partial charge >= 0.3 is 6.18 Å². The number of anilines is 1. The van der Waals surface area contributed by atoms with E-state index < -0.39 is 17.6 Å². The molecule has 0 atom stereocenters. The van der Waals surface area contributed by atoms with Crippen LogP contribution in [-0.2, 0) is 17.5 Å². The van der Waals surface area contributed by atoms with Crippen molar-refractivity contribution in [2.75, 3.05) is 17.7 Å². The van der Waals surface area contributed by atoms with E-state index in [0.29, 0.717) is 24.1 Å². The van der Waals surface area contributed by atoms with Gasteiger partial charge in [0.25, 0.3) is 0 Å². The maximum atomic E-state index is 12.9. The predicted octanol–water partition coefficient (Wildman–Crippen LogP) is 6.06. The second kappa shape index (κ2) is 11.7. The minimum Gasteiger partial charge on any atom is -0.494 e. The molecule has 0 bridgehead atoms. The average molecular weight is 491 g/mol. The molecule has 0 aliphatic heterocycles. The van der Waals surface area contributed by atoms with Crippen molar-refractivity contribution in [2.24, 2.45) is 0 Å². The zero-order valence-electron chi connectivity index (χ0n) is 18.6. The molecular weight excluding hydrogens is 465 g/mol. The van der Waals surface area contributed by atoms with Crippen LogP contribution in [-0.4, -0.2) is 33.0 Å². The van der Waals surface area contributed by atoms with E-state index in [4.69, 9.17) is 4.74 Å². The number of aromatic nitrogens is 3. The van der Waals surface area contributed by atoms with Gasteiger partial charge in [0.05, 0.1) is 17.9 Å². The number of nitrogens with zero attached hydrogens (tertiary/aromatic N) is 3. The molecule has 180 valence electrons. The molecular formula is C24H25F3N4O2S. The Morgan fingerprint density at radius 1 is 1.21 bits per heavy atom. The van der Waals surface area contributed by atoms with Crippen molar-refractivity contribution >= 4 is 23.4 Å². The van der Waals surface area contributed by atoms with Gasteiger partial charge < -0.3 is 10.1 Å². The van der Waals surface area contributed by atoms with E-state index in [1.54, 1.807) is 6.08 Å². The quantitative estimate of drug-likeness (QED) is 0.201. The summed E-state index contributed by atoms with van der Waals surface area (Å²) in [4.78, 5) is 12.3. The van der Waals surface area contributed by atoms with E-state index in [1.165, 1.54) is 12.1 Å². The molecule has 1 aromatic heterocycles. The maximum absolute atomic E-state index is 12.9. The molecule has 1 N–H and O–H groups in total. The first-order chi connectivity index (χ1) is 16.3. The van der Waals surface area contributed by atoms with Gasteiger partial charge in [0.1, 0.15) is 5.75 Å². The Bertz CT molecular complexity index is 1110. The summed E-state index contributed by atoms with van der Waals surface area (Å²) in [6, 6.07) is 12.0. The van der Waals surface area contributed by atoms with E-state index >= 15 is 0 Å². The zero-order chi connectivity index (χ0) is 24.6. The van der Waals surface area contributed by atoms with Crippen molar-refractivity contribution in [2.45, 2.75) is 37.6 Å². The minimum absolute atomic E-state index is 0.0459. The van der Waals surface area contributed by atoms with Crippen molar-refractivity contribution < 1.29 is 22.7 Å². The highest BCUT2D eigenvalue weighted by atomic mass is 32.2. The van der Waals surface area contributed by atoms with Gasteiger partial charge in [-0.25, -0.2) is 0 Å². The minimum atomic E-state index is -4.48. The molecule has 34 heavy (non-hydrogen) atoms. The number of ether oxygens (including phenoxy) is 1. The molecule has 1 heterocycles. The smallest absolute Gasteiger partial charge is 0.416 e. The fraction of sp³-hybridized carbons (Fsp3) is 0.292. The number of carbonyl (C=O) groups is 1. The third kappa shape index (κ3) is 6.86. The SMILES string of the molecule is C=CCn1c(SCC(=O)Nc2cccc(C(F)(F)F)c2)nnc1-c1ccc(OCCCC)cc1. The second-order valence-electron chi connectivity index (χ2n) is 7.35. The second-order valence-corrected chi connectivity index (χ2v) is 8.29. The Hall–Kier alpha value is -3.27. The summed E-state index contributed by atoms with van der Waals surface area (Å²) in [6.07, 6.45) is -0.743. The molecule has 0 unspecified atom stereocenters. The Morgan fingerprint density at radius 2 is 1.97 bits per heavy atom. The van der Waals surface area contributed by atoms with E-state index in [0.717, 1.165) is 48.0 Å². The third-order valence-corrected chi connectivity index (χ3v) is 5.68. The van der Waals surface area contributed by atoms with E-state index in [1.807, 2.05) is 28.8 Å². The molecule has 0 saturated heterocycles. The number of hydrogen-bond donors (Lipinski definition) is 1. The molecule has 0 spiro atoms. The number of thioether (sulfide) groups is 1. The lowest BCUT2D eigenvalue weighted by molar-refractivity contribution is -0.137. The summed E-state index contributed by atoms with van der Waals surface area (Å²) in [5, 5.41) is 11.4. The summed E-state index contributed by atoms with van der Waals surface area (Å²) in [5.41, 5.74) is 0.0856. The van der Waals surface area contributed by atoms with Crippen molar-refractivity contribution in [3.8, 4) is 17.1 Å². The Morgan fingerprint density at radius 3 is 2.65 bits per heavy atom. The van der Waals surface area contributed by atoms with Crippen LogP contribution in [0.1, 0.15) is 25.3 Å². The van der Waals surface area contributed by atoms with Crippen LogP contribution in [0.4, 0.5) is 18.9 Å². The standard InChI is InChI=1S/C24H25F3N4O2S/c1-3-5-14-33-20-11-9-17(10-12-20)22-29-30-23(31(22)13-4-2)34-16-21(32)28-19-8-6-7-18(15-19)24(25,26)27/h4,6-12,15H,2-3,5,13-14,16H2,1H3,(H,28,32). The molecule has 0 saturated carbocycles. The Kier molecular flexibility index (Phi) is 8.75. The lowest BCUT2D eigenvalue weighted by atomic mass is 10.2. The van der Waals surface area contributed by atoms with Crippen LogP contribution in [0.5, 0.6) is 5.75 Å². The number of nitrogens with one attached hydrogen (secondary N) is 1. The number of carbonyl (C=O) groups excluding carboxylic acids is 1. The van der Waals surface area contributed by atoms with Gasteiger partial charge in [0, 0.05) is 17.8 Å². The summed E-state index contributed by atoms with van der Waals surface area (Å²) >= 11 is 1.14. The molecule has 3 aromatic rings. The number of allylic oxidation sites excluding steroid dienone is 1. The lowest BCUT2D eigenvalue weighted by Crippen LogP contribution is -2.15. The monoisotopic (exact) mass is 490 g/mol. The predicted molar refractivity (Wildman–Crippen MR) is 127 cm³/mol. The van der Waals surface area contributed by atoms with E-state index in [2.05, 4.69) is 29.0 Å². The Balaban J connectivity index is 1.66. The van der Waals surface area contributed by atoms with E-state index in [9.17, 15) is 18.0 Å². The fourth-order valence-electron chi connectivity index (χ4n) is 3.04. The topological polar surface area (TPSA) is 69.0 Å². The lowest BCUT2D eigenvalue weighted by Gasteiger charge is -2.10. The number of amides is 1. The van der Waals surface area contributed by atoms with Gasteiger partial charge in [0.2, 0.25) is 5.91 Å².